The number of carboxylic acid groups (broad SMARTS) is 1. The summed E-state index contributed by atoms with van der Waals surface area (Å²) in [7, 11) is 0. The first kappa shape index (κ1) is 30.7. The Hall–Kier alpha value is -3.75. The van der Waals surface area contributed by atoms with Crippen molar-refractivity contribution in [2.24, 2.45) is 5.92 Å². The minimum absolute atomic E-state index is 0.0589. The average molecular weight is 591 g/mol. The fourth-order valence-electron chi connectivity index (χ4n) is 6.19. The first-order valence-corrected chi connectivity index (χ1v) is 15.7. The molecular formula is C34H46N4O5. The van der Waals surface area contributed by atoms with E-state index in [4.69, 9.17) is 4.74 Å². The molecule has 43 heavy (non-hydrogen) atoms. The Bertz CT molecular complexity index is 1300. The number of hydrogen-bond acceptors (Lipinski definition) is 5. The van der Waals surface area contributed by atoms with Crippen LogP contribution in [0.25, 0.3) is 0 Å². The molecule has 0 unspecified atom stereocenters. The number of carbonyl (C=O) groups is 3. The zero-order valence-corrected chi connectivity index (χ0v) is 26.0. The maximum atomic E-state index is 13.9. The topological polar surface area (TPSA) is 93.6 Å². The van der Waals surface area contributed by atoms with E-state index in [1.165, 1.54) is 16.0 Å². The summed E-state index contributed by atoms with van der Waals surface area (Å²) >= 11 is 0. The number of rotatable bonds is 9. The first-order valence-electron chi connectivity index (χ1n) is 15.7. The molecule has 2 aromatic carbocycles. The first-order chi connectivity index (χ1) is 20.5. The second-order valence-electron chi connectivity index (χ2n) is 13.1. The van der Waals surface area contributed by atoms with Gasteiger partial charge in [0.2, 0.25) is 5.91 Å². The van der Waals surface area contributed by atoms with Crippen LogP contribution in [0, 0.1) is 5.92 Å². The number of hydrogen-bond donors (Lipinski definition) is 1. The van der Waals surface area contributed by atoms with Gasteiger partial charge in [-0.1, -0.05) is 44.2 Å². The van der Waals surface area contributed by atoms with Gasteiger partial charge < -0.3 is 29.4 Å². The maximum Gasteiger partial charge on any atom is 0.407 e. The van der Waals surface area contributed by atoms with E-state index in [0.717, 1.165) is 37.9 Å². The third kappa shape index (κ3) is 7.43. The predicted molar refractivity (Wildman–Crippen MR) is 166 cm³/mol. The van der Waals surface area contributed by atoms with Gasteiger partial charge in [-0.15, -0.1) is 0 Å². The number of piperidine rings is 1. The van der Waals surface area contributed by atoms with Crippen LogP contribution >= 0.6 is 0 Å². The molecule has 0 radical (unpaired) electrons. The fraction of sp³-hybridized carbons (Fsp3) is 0.559. The Morgan fingerprint density at radius 2 is 1.63 bits per heavy atom. The lowest BCUT2D eigenvalue weighted by Crippen LogP contribution is -2.56. The molecule has 1 saturated carbocycles. The van der Waals surface area contributed by atoms with E-state index in [-0.39, 0.29) is 17.7 Å². The van der Waals surface area contributed by atoms with Crippen molar-refractivity contribution in [1.82, 2.24) is 14.7 Å². The van der Waals surface area contributed by atoms with Gasteiger partial charge in [0.15, 0.2) is 5.60 Å². The lowest BCUT2D eigenvalue weighted by atomic mass is 9.95. The van der Waals surface area contributed by atoms with E-state index in [2.05, 4.69) is 47.9 Å². The summed E-state index contributed by atoms with van der Waals surface area (Å²) in [5.74, 6) is 1.11. The van der Waals surface area contributed by atoms with Crippen molar-refractivity contribution in [3.8, 4) is 5.75 Å². The normalized spacial score (nSPS) is 19.4. The molecule has 2 aromatic rings. The van der Waals surface area contributed by atoms with Crippen LogP contribution in [-0.2, 0) is 16.1 Å². The third-order valence-electron chi connectivity index (χ3n) is 8.95. The van der Waals surface area contributed by atoms with Crippen LogP contribution in [0.15, 0.2) is 48.5 Å². The predicted octanol–water partition coefficient (Wildman–Crippen LogP) is 5.20. The Labute approximate surface area is 255 Å². The molecule has 3 amide bonds. The Balaban J connectivity index is 1.21. The van der Waals surface area contributed by atoms with E-state index < -0.39 is 11.7 Å². The van der Waals surface area contributed by atoms with Crippen molar-refractivity contribution in [2.75, 3.05) is 44.2 Å². The van der Waals surface area contributed by atoms with Gasteiger partial charge in [-0.05, 0) is 68.7 Å². The van der Waals surface area contributed by atoms with Gasteiger partial charge >= 0.3 is 6.09 Å². The summed E-state index contributed by atoms with van der Waals surface area (Å²) in [6, 6.07) is 16.8. The van der Waals surface area contributed by atoms with Gasteiger partial charge in [-0.2, -0.15) is 0 Å². The van der Waals surface area contributed by atoms with E-state index in [9.17, 15) is 19.5 Å². The highest BCUT2D eigenvalue weighted by Crippen LogP contribution is 2.34. The molecule has 0 spiro atoms. The molecule has 9 nitrogen and oxygen atoms in total. The number of benzene rings is 2. The highest BCUT2D eigenvalue weighted by molar-refractivity contribution is 5.85. The van der Waals surface area contributed by atoms with Crippen molar-refractivity contribution >= 4 is 23.6 Å². The van der Waals surface area contributed by atoms with Crippen LogP contribution in [0.4, 0.5) is 10.5 Å². The molecule has 1 N–H and O–H groups in total. The number of piperazine rings is 1. The molecule has 2 heterocycles. The highest BCUT2D eigenvalue weighted by atomic mass is 16.5. The van der Waals surface area contributed by atoms with Gasteiger partial charge in [-0.3, -0.25) is 9.59 Å². The summed E-state index contributed by atoms with van der Waals surface area (Å²) in [6.07, 6.45) is 3.02. The van der Waals surface area contributed by atoms with E-state index in [1.807, 2.05) is 24.3 Å². The standard InChI is InChI=1S/C34H46N4O5/c1-24(2)26-12-10-25(11-13-26)22-38(28-14-15-28)31(39)27-7-6-16-37(23-27)29-8-5-9-30(21-29)43-34(3,4)32(40)35-17-19-36(20-18-35)33(41)42/h5,8-13,21,24,27-28H,6-7,14-20,22-23H2,1-4H3,(H,41,42)/t27-/m0/s1. The Morgan fingerprint density at radius 1 is 0.953 bits per heavy atom. The van der Waals surface area contributed by atoms with Crippen molar-refractivity contribution in [3.05, 3.63) is 59.7 Å². The number of ether oxygens (including phenoxy) is 1. The Morgan fingerprint density at radius 3 is 2.26 bits per heavy atom. The van der Waals surface area contributed by atoms with Crippen molar-refractivity contribution in [2.45, 2.75) is 77.5 Å². The number of anilines is 1. The molecule has 3 aliphatic rings. The average Bonchev–Trinajstić information content (AvgIpc) is 3.85. The minimum atomic E-state index is -1.11. The second kappa shape index (κ2) is 12.9. The number of carbonyl (C=O) groups excluding carboxylic acids is 2. The van der Waals surface area contributed by atoms with E-state index in [0.29, 0.717) is 57.0 Å². The van der Waals surface area contributed by atoms with Gasteiger partial charge in [0.1, 0.15) is 5.75 Å². The molecule has 1 atom stereocenters. The monoisotopic (exact) mass is 590 g/mol. The summed E-state index contributed by atoms with van der Waals surface area (Å²) < 4.78 is 6.24. The van der Waals surface area contributed by atoms with Gasteiger partial charge in [-0.25, -0.2) is 4.79 Å². The summed E-state index contributed by atoms with van der Waals surface area (Å²) in [6.45, 7) is 11.4. The van der Waals surface area contributed by atoms with Crippen LogP contribution in [0.3, 0.4) is 0 Å². The Kier molecular flexibility index (Phi) is 9.18. The second-order valence-corrected chi connectivity index (χ2v) is 13.1. The lowest BCUT2D eigenvalue weighted by molar-refractivity contribution is -0.147. The fourth-order valence-corrected chi connectivity index (χ4v) is 6.19. The lowest BCUT2D eigenvalue weighted by Gasteiger charge is -2.38. The third-order valence-corrected chi connectivity index (χ3v) is 8.95. The molecule has 0 aromatic heterocycles. The largest absolute Gasteiger partial charge is 0.478 e. The molecule has 2 aliphatic heterocycles. The zero-order chi connectivity index (χ0) is 30.7. The van der Waals surface area contributed by atoms with E-state index >= 15 is 0 Å². The van der Waals surface area contributed by atoms with Gasteiger partial charge in [0.25, 0.3) is 5.91 Å². The number of amides is 3. The number of nitrogens with zero attached hydrogens (tertiary/aromatic N) is 4. The molecule has 0 bridgehead atoms. The molecule has 1 aliphatic carbocycles. The summed E-state index contributed by atoms with van der Waals surface area (Å²) in [5.41, 5.74) is 2.37. The van der Waals surface area contributed by atoms with Gasteiger partial charge in [0, 0.05) is 63.6 Å². The smallest absolute Gasteiger partial charge is 0.407 e. The van der Waals surface area contributed by atoms with Crippen LogP contribution in [-0.4, -0.2) is 88.6 Å². The molecule has 9 heteroatoms. The van der Waals surface area contributed by atoms with Crippen molar-refractivity contribution < 1.29 is 24.2 Å². The summed E-state index contributed by atoms with van der Waals surface area (Å²) in [4.78, 5) is 45.8. The summed E-state index contributed by atoms with van der Waals surface area (Å²) in [5, 5.41) is 9.21. The molecular weight excluding hydrogens is 544 g/mol. The molecule has 2 saturated heterocycles. The molecule has 3 fully saturated rings. The SMILES string of the molecule is CC(C)c1ccc(CN(C(=O)[C@H]2CCCN(c3cccc(OC(C)(C)C(=O)N4CCN(C(=O)O)CC4)c3)C2)C2CC2)cc1. The minimum Gasteiger partial charge on any atom is -0.478 e. The quantitative estimate of drug-likeness (QED) is 0.432. The zero-order valence-electron chi connectivity index (χ0n) is 26.0. The van der Waals surface area contributed by atoms with Crippen LogP contribution in [0.2, 0.25) is 0 Å². The van der Waals surface area contributed by atoms with Gasteiger partial charge in [0.05, 0.1) is 5.92 Å². The van der Waals surface area contributed by atoms with Crippen LogP contribution < -0.4 is 9.64 Å². The van der Waals surface area contributed by atoms with Crippen molar-refractivity contribution in [1.29, 1.82) is 0 Å². The van der Waals surface area contributed by atoms with Crippen LogP contribution in [0.5, 0.6) is 5.75 Å². The highest BCUT2D eigenvalue weighted by Gasteiger charge is 2.38. The van der Waals surface area contributed by atoms with Crippen molar-refractivity contribution in [3.63, 3.8) is 0 Å². The maximum absolute atomic E-state index is 13.9. The molecule has 5 rings (SSSR count). The molecule has 232 valence electrons. The van der Waals surface area contributed by atoms with Crippen LogP contribution in [0.1, 0.15) is 70.4 Å². The van der Waals surface area contributed by atoms with E-state index in [1.54, 1.807) is 18.7 Å².